The number of carbonyl (C=O) groups is 2. The van der Waals surface area contributed by atoms with Crippen LogP contribution in [-0.2, 0) is 15.6 Å². The first-order valence-corrected chi connectivity index (χ1v) is 13.8. The van der Waals surface area contributed by atoms with Crippen LogP contribution in [0.15, 0.2) is 48.5 Å². The minimum atomic E-state index is -0.762. The van der Waals surface area contributed by atoms with Gasteiger partial charge < -0.3 is 20.7 Å². The van der Waals surface area contributed by atoms with Crippen molar-refractivity contribution in [3.8, 4) is 5.75 Å². The number of carbonyl (C=O) groups excluding carboxylic acids is 2. The molecule has 11 heteroatoms. The normalized spacial score (nSPS) is 12.3. The number of nitrogens with zero attached hydrogens (tertiary/aromatic N) is 3. The second-order valence-electron chi connectivity index (χ2n) is 12.3. The minimum Gasteiger partial charge on any atom is -0.482 e. The summed E-state index contributed by atoms with van der Waals surface area (Å²) in [6, 6.07) is 14.0. The summed E-state index contributed by atoms with van der Waals surface area (Å²) in [4.78, 5) is 25.7. The zero-order chi connectivity index (χ0) is 30.2. The number of nitrogens with one attached hydrogen (secondary N) is 4. The summed E-state index contributed by atoms with van der Waals surface area (Å²) in [5, 5.41) is 21.3. The van der Waals surface area contributed by atoms with E-state index in [2.05, 4.69) is 52.0 Å². The highest BCUT2D eigenvalue weighted by Crippen LogP contribution is 2.37. The Kier molecular flexibility index (Phi) is 8.09. The number of anilines is 2. The predicted molar refractivity (Wildman–Crippen MR) is 162 cm³/mol. The van der Waals surface area contributed by atoms with Crippen LogP contribution in [0, 0.1) is 6.92 Å². The van der Waals surface area contributed by atoms with E-state index in [1.165, 1.54) is 0 Å². The number of ether oxygens (including phenoxy) is 1. The summed E-state index contributed by atoms with van der Waals surface area (Å²) >= 11 is 6.62. The molecule has 2 heterocycles. The highest BCUT2D eigenvalue weighted by atomic mass is 35.5. The van der Waals surface area contributed by atoms with Crippen molar-refractivity contribution in [3.63, 3.8) is 0 Å². The van der Waals surface area contributed by atoms with Crippen LogP contribution in [0.3, 0.4) is 0 Å². The van der Waals surface area contributed by atoms with E-state index in [0.29, 0.717) is 33.6 Å². The lowest BCUT2D eigenvalue weighted by Crippen LogP contribution is -2.57. The van der Waals surface area contributed by atoms with E-state index in [-0.39, 0.29) is 17.9 Å². The SMILES string of the molecule is Cc1ccc(NC(=O)Nc2ccccc2OCC(=O)NC(C)(C)C(C)(C)c2nnc3c(Cl)c(C(C)(C)C)[nH]n23)cc1. The fourth-order valence-electron chi connectivity index (χ4n) is 4.29. The standard InChI is InChI=1S/C30H38ClN7O3/c1-18-13-15-19(16-14-18)32-27(40)33-20-11-9-10-12-21(20)41-17-22(39)34-30(7,8)29(5,6)26-36-35-25-23(31)24(28(2,3)4)37-38(25)26/h9-16,37H,17H2,1-8H3,(H,34,39)(H2,32,33,40). The lowest BCUT2D eigenvalue weighted by atomic mass is 9.73. The number of para-hydroxylation sites is 2. The molecule has 2 aromatic heterocycles. The molecule has 4 rings (SSSR count). The summed E-state index contributed by atoms with van der Waals surface area (Å²) < 4.78 is 7.62. The van der Waals surface area contributed by atoms with Gasteiger partial charge in [-0.2, -0.15) is 0 Å². The molecule has 41 heavy (non-hydrogen) atoms. The summed E-state index contributed by atoms with van der Waals surface area (Å²) in [7, 11) is 0. The minimum absolute atomic E-state index is 0.216. The Hall–Kier alpha value is -4.05. The van der Waals surface area contributed by atoms with E-state index in [0.717, 1.165) is 11.3 Å². The van der Waals surface area contributed by atoms with E-state index in [4.69, 9.17) is 16.3 Å². The average Bonchev–Trinajstić information content (AvgIpc) is 3.45. The van der Waals surface area contributed by atoms with Gasteiger partial charge in [0.25, 0.3) is 5.91 Å². The highest BCUT2D eigenvalue weighted by molar-refractivity contribution is 6.34. The number of aromatic nitrogens is 4. The van der Waals surface area contributed by atoms with Gasteiger partial charge in [0.1, 0.15) is 10.8 Å². The summed E-state index contributed by atoms with van der Waals surface area (Å²) in [6.07, 6.45) is 0. The Labute approximate surface area is 245 Å². The van der Waals surface area contributed by atoms with Crippen LogP contribution in [0.25, 0.3) is 5.65 Å². The molecular formula is C30H38ClN7O3. The smallest absolute Gasteiger partial charge is 0.323 e. The summed E-state index contributed by atoms with van der Waals surface area (Å²) in [5.41, 5.74) is 1.95. The maximum atomic E-state index is 13.1. The molecule has 0 fully saturated rings. The third-order valence-corrected chi connectivity index (χ3v) is 7.79. The fraction of sp³-hybridized carbons (Fsp3) is 0.400. The zero-order valence-electron chi connectivity index (χ0n) is 24.8. The lowest BCUT2D eigenvalue weighted by molar-refractivity contribution is -0.125. The molecule has 0 aliphatic heterocycles. The van der Waals surface area contributed by atoms with E-state index in [9.17, 15) is 9.59 Å². The van der Waals surface area contributed by atoms with Crippen LogP contribution in [0.2, 0.25) is 5.02 Å². The molecule has 0 aliphatic carbocycles. The van der Waals surface area contributed by atoms with Crippen molar-refractivity contribution in [1.29, 1.82) is 0 Å². The van der Waals surface area contributed by atoms with E-state index in [1.807, 2.05) is 58.9 Å². The summed E-state index contributed by atoms with van der Waals surface area (Å²) in [6.45, 7) is 15.7. The number of aromatic amines is 1. The van der Waals surface area contributed by atoms with Crippen LogP contribution in [0.4, 0.5) is 16.2 Å². The van der Waals surface area contributed by atoms with Crippen molar-refractivity contribution in [1.82, 2.24) is 25.1 Å². The van der Waals surface area contributed by atoms with Gasteiger partial charge in [0.05, 0.1) is 11.4 Å². The second kappa shape index (κ2) is 11.1. The number of fused-ring (bicyclic) bond motifs is 1. The van der Waals surface area contributed by atoms with Crippen molar-refractivity contribution in [2.75, 3.05) is 17.2 Å². The molecule has 0 bridgehead atoms. The van der Waals surface area contributed by atoms with Crippen LogP contribution in [-0.4, -0.2) is 43.9 Å². The van der Waals surface area contributed by atoms with Gasteiger partial charge in [0, 0.05) is 22.1 Å². The number of hydrogen-bond donors (Lipinski definition) is 4. The molecule has 4 aromatic rings. The maximum absolute atomic E-state index is 13.1. The molecule has 4 N–H and O–H groups in total. The number of halogens is 1. The first kappa shape index (κ1) is 29.9. The number of hydrogen-bond acceptors (Lipinski definition) is 5. The summed E-state index contributed by atoms with van der Waals surface area (Å²) in [5.74, 6) is 0.668. The third kappa shape index (κ3) is 6.32. The molecular weight excluding hydrogens is 542 g/mol. The van der Waals surface area contributed by atoms with Crippen molar-refractivity contribution < 1.29 is 14.3 Å². The Balaban J connectivity index is 1.43. The average molecular weight is 580 g/mol. The number of amides is 3. The molecule has 3 amide bonds. The number of urea groups is 1. The van der Waals surface area contributed by atoms with Crippen LogP contribution < -0.4 is 20.7 Å². The molecule has 0 saturated carbocycles. The van der Waals surface area contributed by atoms with Gasteiger partial charge in [-0.3, -0.25) is 9.89 Å². The Morgan fingerprint density at radius 2 is 1.61 bits per heavy atom. The van der Waals surface area contributed by atoms with Gasteiger partial charge in [0.15, 0.2) is 18.1 Å². The molecule has 0 saturated heterocycles. The zero-order valence-corrected chi connectivity index (χ0v) is 25.5. The van der Waals surface area contributed by atoms with Crippen LogP contribution >= 0.6 is 11.6 Å². The van der Waals surface area contributed by atoms with Gasteiger partial charge in [-0.1, -0.05) is 76.0 Å². The Bertz CT molecular complexity index is 1560. The molecule has 10 nitrogen and oxygen atoms in total. The van der Waals surface area contributed by atoms with Crippen molar-refractivity contribution >= 4 is 40.6 Å². The topological polar surface area (TPSA) is 125 Å². The highest BCUT2D eigenvalue weighted by Gasteiger charge is 2.44. The maximum Gasteiger partial charge on any atom is 0.323 e. The van der Waals surface area contributed by atoms with Crippen molar-refractivity contribution in [2.45, 2.75) is 71.8 Å². The van der Waals surface area contributed by atoms with Gasteiger partial charge in [-0.05, 0) is 45.0 Å². The number of aryl methyl sites for hydroxylation is 1. The van der Waals surface area contributed by atoms with Crippen molar-refractivity contribution in [3.05, 3.63) is 70.6 Å². The molecule has 0 atom stereocenters. The second-order valence-corrected chi connectivity index (χ2v) is 12.6. The molecule has 0 radical (unpaired) electrons. The molecule has 0 aliphatic rings. The molecule has 2 aromatic carbocycles. The van der Waals surface area contributed by atoms with Crippen LogP contribution in [0.5, 0.6) is 5.75 Å². The number of benzene rings is 2. The Morgan fingerprint density at radius 1 is 0.951 bits per heavy atom. The van der Waals surface area contributed by atoms with E-state index in [1.54, 1.807) is 28.8 Å². The first-order chi connectivity index (χ1) is 19.1. The van der Waals surface area contributed by atoms with Gasteiger partial charge in [-0.25, -0.2) is 9.31 Å². The monoisotopic (exact) mass is 579 g/mol. The van der Waals surface area contributed by atoms with Gasteiger partial charge in [0.2, 0.25) is 0 Å². The fourth-order valence-corrected chi connectivity index (χ4v) is 4.74. The lowest BCUT2D eigenvalue weighted by Gasteiger charge is -2.40. The number of H-pyrrole nitrogens is 1. The van der Waals surface area contributed by atoms with Gasteiger partial charge >= 0.3 is 6.03 Å². The predicted octanol–water partition coefficient (Wildman–Crippen LogP) is 6.21. The molecule has 0 unspecified atom stereocenters. The number of rotatable bonds is 8. The quantitative estimate of drug-likeness (QED) is 0.197. The van der Waals surface area contributed by atoms with E-state index < -0.39 is 17.0 Å². The van der Waals surface area contributed by atoms with Crippen molar-refractivity contribution in [2.24, 2.45) is 0 Å². The van der Waals surface area contributed by atoms with Gasteiger partial charge in [-0.15, -0.1) is 10.2 Å². The first-order valence-electron chi connectivity index (χ1n) is 13.4. The van der Waals surface area contributed by atoms with Crippen LogP contribution in [0.1, 0.15) is 65.5 Å². The third-order valence-electron chi connectivity index (χ3n) is 7.43. The van der Waals surface area contributed by atoms with E-state index >= 15 is 0 Å². The largest absolute Gasteiger partial charge is 0.482 e. The molecule has 218 valence electrons. The Morgan fingerprint density at radius 3 is 2.27 bits per heavy atom. The molecule has 0 spiro atoms.